The van der Waals surface area contributed by atoms with E-state index in [4.69, 9.17) is 4.52 Å². The van der Waals surface area contributed by atoms with E-state index in [0.29, 0.717) is 5.56 Å². The summed E-state index contributed by atoms with van der Waals surface area (Å²) in [5.74, 6) is 0. The first kappa shape index (κ1) is 15.9. The quantitative estimate of drug-likeness (QED) is 0.371. The van der Waals surface area contributed by atoms with Gasteiger partial charge in [0.1, 0.15) is 6.10 Å². The van der Waals surface area contributed by atoms with Gasteiger partial charge in [0.2, 0.25) is 0 Å². The highest BCUT2D eigenvalue weighted by molar-refractivity contribution is 7.75. The van der Waals surface area contributed by atoms with Gasteiger partial charge in [0.15, 0.2) is 0 Å². The number of nitrogens with zero attached hydrogens (tertiary/aromatic N) is 3. The predicted octanol–water partition coefficient (Wildman–Crippen LogP) is 3.95. The van der Waals surface area contributed by atoms with Crippen LogP contribution in [-0.2, 0) is 9.09 Å². The number of hydrogen-bond acceptors (Lipinski definition) is 2. The summed E-state index contributed by atoms with van der Waals surface area (Å²) in [6.07, 6.45) is -0.340. The van der Waals surface area contributed by atoms with Crippen LogP contribution in [-0.4, -0.2) is 28.0 Å². The lowest BCUT2D eigenvalue weighted by molar-refractivity contribution is -0.00116. The zero-order chi connectivity index (χ0) is 16.4. The summed E-state index contributed by atoms with van der Waals surface area (Å²) in [5, 5.41) is 0. The van der Waals surface area contributed by atoms with Crippen molar-refractivity contribution < 1.29 is 13.9 Å². The molecule has 0 amide bonds. The van der Waals surface area contributed by atoms with Crippen molar-refractivity contribution in [3.63, 3.8) is 0 Å². The molecule has 6 heteroatoms. The van der Waals surface area contributed by atoms with Gasteiger partial charge in [0, 0.05) is 6.04 Å². The van der Waals surface area contributed by atoms with Crippen LogP contribution in [0.1, 0.15) is 24.2 Å². The fourth-order valence-electron chi connectivity index (χ4n) is 2.80. The molecule has 0 N–H and O–H groups in total. The van der Waals surface area contributed by atoms with E-state index in [-0.39, 0.29) is 17.6 Å². The van der Waals surface area contributed by atoms with Crippen LogP contribution in [0.25, 0.3) is 5.53 Å². The summed E-state index contributed by atoms with van der Waals surface area (Å²) >= 11 is 0. The molecule has 3 atom stereocenters. The second-order valence-corrected chi connectivity index (χ2v) is 7.87. The lowest BCUT2D eigenvalue weighted by Gasteiger charge is -2.18. The second-order valence-electron chi connectivity index (χ2n) is 5.56. The smallest absolute Gasteiger partial charge is 0.360 e. The van der Waals surface area contributed by atoms with Crippen molar-refractivity contribution in [2.24, 2.45) is 0 Å². The predicted molar refractivity (Wildman–Crippen MR) is 89.3 cm³/mol. The summed E-state index contributed by atoms with van der Waals surface area (Å²) in [5.41, 5.74) is 11.1. The maximum absolute atomic E-state index is 13.5. The Hall–Kier alpha value is -2.03. The Kier molecular flexibility index (Phi) is 4.29. The number of likely N-dealkylation sites (N-methyl/N-ethyl adjacent to an activating group) is 1. The first-order valence-corrected chi connectivity index (χ1v) is 9.00. The summed E-state index contributed by atoms with van der Waals surface area (Å²) in [4.78, 5) is 3.31. The standard InChI is InChI=1S/C17H18N3O2P/c1-13-16(14-9-5-3-6-10-14)22-23(21,20(13)2)17(19-18)15-11-7-4-8-12-15/h3-13,16H,1-2H3/t13-,16-,23?/m0/s1. The summed E-state index contributed by atoms with van der Waals surface area (Å²) in [6.45, 7) is 1.96. The van der Waals surface area contributed by atoms with Crippen molar-refractivity contribution in [1.29, 1.82) is 0 Å². The molecule has 2 aromatic rings. The van der Waals surface area contributed by atoms with Gasteiger partial charge < -0.3 is 5.53 Å². The zero-order valence-electron chi connectivity index (χ0n) is 13.0. The molecule has 118 valence electrons. The third kappa shape index (κ3) is 2.69. The molecule has 0 aromatic heterocycles. The fraction of sp³-hybridized carbons (Fsp3) is 0.235. The molecule has 1 aliphatic rings. The fourth-order valence-corrected chi connectivity index (χ4v) is 5.14. The maximum atomic E-state index is 13.5. The Morgan fingerprint density at radius 3 is 2.26 bits per heavy atom. The van der Waals surface area contributed by atoms with Crippen LogP contribution in [0.4, 0.5) is 0 Å². The van der Waals surface area contributed by atoms with Crippen LogP contribution >= 0.6 is 7.52 Å². The molecule has 0 spiro atoms. The highest BCUT2D eigenvalue weighted by Crippen LogP contribution is 2.63. The van der Waals surface area contributed by atoms with Crippen LogP contribution in [0, 0.1) is 0 Å². The maximum Gasteiger partial charge on any atom is 0.396 e. The van der Waals surface area contributed by atoms with Crippen LogP contribution < -0.4 is 0 Å². The van der Waals surface area contributed by atoms with Gasteiger partial charge in [-0.15, -0.1) is 0 Å². The van der Waals surface area contributed by atoms with E-state index in [2.05, 4.69) is 4.79 Å². The van der Waals surface area contributed by atoms with E-state index >= 15 is 0 Å². The molecule has 0 saturated carbocycles. The molecular formula is C17H18N3O2P. The van der Waals surface area contributed by atoms with Gasteiger partial charge in [0.25, 0.3) is 0 Å². The molecule has 23 heavy (non-hydrogen) atoms. The largest absolute Gasteiger partial charge is 0.396 e. The first-order chi connectivity index (χ1) is 11.1. The topological polar surface area (TPSA) is 65.9 Å². The zero-order valence-corrected chi connectivity index (χ0v) is 13.9. The SMILES string of the molecule is C[C@H]1[C@@H](c2ccccc2)OP(=O)(C(=[N+]=[N-])c2ccccc2)N1C. The number of rotatable bonds is 3. The molecular weight excluding hydrogens is 309 g/mol. The summed E-state index contributed by atoms with van der Waals surface area (Å²) in [7, 11) is -1.70. The molecule has 1 fully saturated rings. The Morgan fingerprint density at radius 1 is 1.13 bits per heavy atom. The van der Waals surface area contributed by atoms with Gasteiger partial charge in [-0.2, -0.15) is 4.79 Å². The van der Waals surface area contributed by atoms with Gasteiger partial charge in [-0.3, -0.25) is 9.09 Å². The van der Waals surface area contributed by atoms with Crippen molar-refractivity contribution in [2.45, 2.75) is 19.1 Å². The van der Waals surface area contributed by atoms with E-state index in [1.54, 1.807) is 36.0 Å². The van der Waals surface area contributed by atoms with Crippen molar-refractivity contribution in [2.75, 3.05) is 7.05 Å². The molecule has 1 aliphatic heterocycles. The highest BCUT2D eigenvalue weighted by Gasteiger charge is 2.54. The number of hydrogen-bond donors (Lipinski definition) is 0. The molecule has 2 aromatic carbocycles. The van der Waals surface area contributed by atoms with Gasteiger partial charge in [-0.25, -0.2) is 4.67 Å². The van der Waals surface area contributed by atoms with Crippen LogP contribution in [0.15, 0.2) is 60.7 Å². The Labute approximate surface area is 135 Å². The first-order valence-electron chi connectivity index (χ1n) is 7.42. The summed E-state index contributed by atoms with van der Waals surface area (Å²) < 4.78 is 21.1. The van der Waals surface area contributed by atoms with E-state index in [1.807, 2.05) is 43.3 Å². The normalized spacial score (nSPS) is 27.6. The average molecular weight is 327 g/mol. The van der Waals surface area contributed by atoms with Crippen LogP contribution in [0.2, 0.25) is 0 Å². The molecule has 0 radical (unpaired) electrons. The molecule has 5 nitrogen and oxygen atoms in total. The highest BCUT2D eigenvalue weighted by atomic mass is 31.2. The Balaban J connectivity index is 2.02. The van der Waals surface area contributed by atoms with Crippen molar-refractivity contribution >= 4 is 13.0 Å². The van der Waals surface area contributed by atoms with Crippen LogP contribution in [0.5, 0.6) is 0 Å². The molecule has 1 saturated heterocycles. The Morgan fingerprint density at radius 2 is 1.70 bits per heavy atom. The average Bonchev–Trinajstić information content (AvgIpc) is 2.82. The minimum atomic E-state index is -3.44. The lowest BCUT2D eigenvalue weighted by atomic mass is 10.0. The van der Waals surface area contributed by atoms with Crippen LogP contribution in [0.3, 0.4) is 0 Å². The molecule has 1 heterocycles. The van der Waals surface area contributed by atoms with Crippen molar-refractivity contribution in [3.05, 3.63) is 77.3 Å². The van der Waals surface area contributed by atoms with E-state index in [9.17, 15) is 10.1 Å². The molecule has 1 unspecified atom stereocenters. The molecule has 3 rings (SSSR count). The van der Waals surface area contributed by atoms with Gasteiger partial charge >= 0.3 is 13.0 Å². The van der Waals surface area contributed by atoms with E-state index < -0.39 is 7.52 Å². The van der Waals surface area contributed by atoms with Gasteiger partial charge in [0.05, 0.1) is 5.56 Å². The Bertz CT molecular complexity index is 788. The lowest BCUT2D eigenvalue weighted by Crippen LogP contribution is -2.25. The van der Waals surface area contributed by atoms with Crippen molar-refractivity contribution in [3.8, 4) is 0 Å². The summed E-state index contributed by atoms with van der Waals surface area (Å²) in [6, 6.07) is 18.5. The third-order valence-electron chi connectivity index (χ3n) is 4.22. The van der Waals surface area contributed by atoms with Gasteiger partial charge in [-0.1, -0.05) is 48.5 Å². The minimum absolute atomic E-state index is 0.0749. The minimum Gasteiger partial charge on any atom is -0.360 e. The third-order valence-corrected chi connectivity index (χ3v) is 6.81. The van der Waals surface area contributed by atoms with Gasteiger partial charge in [-0.05, 0) is 31.7 Å². The molecule has 0 aliphatic carbocycles. The monoisotopic (exact) mass is 327 g/mol. The second kappa shape index (κ2) is 6.23. The molecule has 0 bridgehead atoms. The van der Waals surface area contributed by atoms with E-state index in [0.717, 1.165) is 5.56 Å². The van der Waals surface area contributed by atoms with Crippen molar-refractivity contribution in [1.82, 2.24) is 4.67 Å². The number of benzene rings is 2. The van der Waals surface area contributed by atoms with E-state index in [1.165, 1.54) is 0 Å².